The Balaban J connectivity index is 4.35. The van der Waals surface area contributed by atoms with Crippen LogP contribution in [0.5, 0.6) is 0 Å². The number of ether oxygens (including phenoxy) is 1. The van der Waals surface area contributed by atoms with Gasteiger partial charge in [0.1, 0.15) is 5.60 Å². The topological polar surface area (TPSA) is 9.23 Å². The van der Waals surface area contributed by atoms with Gasteiger partial charge in [0.25, 0.3) is 0 Å². The number of terminal acetylenes is 1. The van der Waals surface area contributed by atoms with Crippen molar-refractivity contribution in [1.82, 2.24) is 0 Å². The summed E-state index contributed by atoms with van der Waals surface area (Å²) >= 11 is 0. The average molecular weight is 194 g/mol. The van der Waals surface area contributed by atoms with Crippen molar-refractivity contribution in [3.05, 3.63) is 12.2 Å². The van der Waals surface area contributed by atoms with Gasteiger partial charge < -0.3 is 4.74 Å². The van der Waals surface area contributed by atoms with Crippen molar-refractivity contribution in [2.45, 2.75) is 58.7 Å². The summed E-state index contributed by atoms with van der Waals surface area (Å²) in [4.78, 5) is 0. The predicted molar refractivity (Wildman–Crippen MR) is 62.1 cm³/mol. The smallest absolute Gasteiger partial charge is 0.129 e. The molecule has 0 aliphatic rings. The maximum Gasteiger partial charge on any atom is 0.129 e. The molecule has 0 heterocycles. The Labute approximate surface area is 88.5 Å². The second-order valence-corrected chi connectivity index (χ2v) is 4.67. The van der Waals surface area contributed by atoms with E-state index in [0.29, 0.717) is 0 Å². The van der Waals surface area contributed by atoms with E-state index in [0.717, 1.165) is 12.8 Å². The fourth-order valence-electron chi connectivity index (χ4n) is 1.28. The first-order valence-corrected chi connectivity index (χ1v) is 5.16. The van der Waals surface area contributed by atoms with Crippen LogP contribution in [0, 0.1) is 12.3 Å². The highest BCUT2D eigenvalue weighted by atomic mass is 16.5. The molecule has 1 unspecified atom stereocenters. The van der Waals surface area contributed by atoms with E-state index in [-0.39, 0.29) is 5.60 Å². The third-order valence-electron chi connectivity index (χ3n) is 1.75. The molecule has 1 nitrogen and oxygen atoms in total. The van der Waals surface area contributed by atoms with Crippen LogP contribution in [0.25, 0.3) is 0 Å². The minimum Gasteiger partial charge on any atom is -0.357 e. The first-order chi connectivity index (χ1) is 6.33. The number of allylic oxidation sites excluding steroid dienone is 1. The highest BCUT2D eigenvalue weighted by Gasteiger charge is 2.27. The highest BCUT2D eigenvalue weighted by molar-refractivity contribution is 5.10. The SMILES string of the molecule is C#CC(C)(CC=CCC)OC(C)(C)C. The van der Waals surface area contributed by atoms with Crippen LogP contribution < -0.4 is 0 Å². The molecule has 0 N–H and O–H groups in total. The fraction of sp³-hybridized carbons (Fsp3) is 0.692. The lowest BCUT2D eigenvalue weighted by Gasteiger charge is -2.32. The minimum atomic E-state index is -0.482. The molecule has 0 amide bonds. The zero-order valence-electron chi connectivity index (χ0n) is 10.1. The van der Waals surface area contributed by atoms with Crippen LogP contribution in [-0.4, -0.2) is 11.2 Å². The van der Waals surface area contributed by atoms with Crippen molar-refractivity contribution in [2.24, 2.45) is 0 Å². The molecule has 14 heavy (non-hydrogen) atoms. The third-order valence-corrected chi connectivity index (χ3v) is 1.75. The molecule has 0 aliphatic carbocycles. The summed E-state index contributed by atoms with van der Waals surface area (Å²) < 4.78 is 5.83. The zero-order valence-corrected chi connectivity index (χ0v) is 10.1. The molecule has 1 atom stereocenters. The molecule has 0 rings (SSSR count). The van der Waals surface area contributed by atoms with E-state index in [1.54, 1.807) is 0 Å². The molecule has 0 saturated heterocycles. The molecule has 0 aromatic carbocycles. The van der Waals surface area contributed by atoms with Gasteiger partial charge in [-0.15, -0.1) is 6.42 Å². The predicted octanol–water partition coefficient (Wildman–Crippen LogP) is 3.55. The van der Waals surface area contributed by atoms with Crippen LogP contribution in [0.3, 0.4) is 0 Å². The van der Waals surface area contributed by atoms with Crippen LogP contribution in [0.2, 0.25) is 0 Å². The number of hydrogen-bond acceptors (Lipinski definition) is 1. The lowest BCUT2D eigenvalue weighted by molar-refractivity contribution is -0.0881. The molecule has 0 aromatic rings. The van der Waals surface area contributed by atoms with E-state index in [4.69, 9.17) is 11.2 Å². The quantitative estimate of drug-likeness (QED) is 0.491. The van der Waals surface area contributed by atoms with Gasteiger partial charge in [-0.1, -0.05) is 25.0 Å². The van der Waals surface area contributed by atoms with Crippen molar-refractivity contribution in [2.75, 3.05) is 0 Å². The van der Waals surface area contributed by atoms with E-state index in [2.05, 4.69) is 25.0 Å². The van der Waals surface area contributed by atoms with Crippen molar-refractivity contribution < 1.29 is 4.74 Å². The fourth-order valence-corrected chi connectivity index (χ4v) is 1.28. The van der Waals surface area contributed by atoms with Crippen LogP contribution in [-0.2, 0) is 4.74 Å². The summed E-state index contributed by atoms with van der Waals surface area (Å²) in [5.74, 6) is 2.72. The maximum atomic E-state index is 5.83. The Morgan fingerprint density at radius 1 is 1.21 bits per heavy atom. The van der Waals surface area contributed by atoms with Gasteiger partial charge in [-0.2, -0.15) is 0 Å². The minimum absolute atomic E-state index is 0.193. The van der Waals surface area contributed by atoms with Crippen LogP contribution in [0.4, 0.5) is 0 Å². The van der Waals surface area contributed by atoms with Crippen molar-refractivity contribution in [1.29, 1.82) is 0 Å². The van der Waals surface area contributed by atoms with Gasteiger partial charge in [0.15, 0.2) is 0 Å². The summed E-state index contributed by atoms with van der Waals surface area (Å²) in [7, 11) is 0. The lowest BCUT2D eigenvalue weighted by atomic mass is 10.0. The second-order valence-electron chi connectivity index (χ2n) is 4.67. The molecule has 0 saturated carbocycles. The summed E-state index contributed by atoms with van der Waals surface area (Å²) in [5, 5.41) is 0. The van der Waals surface area contributed by atoms with E-state index >= 15 is 0 Å². The van der Waals surface area contributed by atoms with E-state index in [9.17, 15) is 0 Å². The molecule has 80 valence electrons. The van der Waals surface area contributed by atoms with Crippen LogP contribution in [0.15, 0.2) is 12.2 Å². The number of rotatable bonds is 4. The van der Waals surface area contributed by atoms with Gasteiger partial charge in [-0.3, -0.25) is 0 Å². The molecular weight excluding hydrogens is 172 g/mol. The molecule has 0 spiro atoms. The van der Waals surface area contributed by atoms with Gasteiger partial charge in [0.05, 0.1) is 5.60 Å². The van der Waals surface area contributed by atoms with Crippen molar-refractivity contribution >= 4 is 0 Å². The Morgan fingerprint density at radius 3 is 2.14 bits per heavy atom. The van der Waals surface area contributed by atoms with Gasteiger partial charge in [-0.25, -0.2) is 0 Å². The van der Waals surface area contributed by atoms with Crippen LogP contribution in [0.1, 0.15) is 47.5 Å². The molecule has 0 bridgehead atoms. The standard InChI is InChI=1S/C13H22O/c1-7-9-10-11-13(6,8-2)14-12(3,4)5/h2,9-10H,7,11H2,1,3-6H3. The van der Waals surface area contributed by atoms with Crippen molar-refractivity contribution in [3.63, 3.8) is 0 Å². The van der Waals surface area contributed by atoms with Gasteiger partial charge in [0, 0.05) is 6.42 Å². The molecule has 0 fully saturated rings. The van der Waals surface area contributed by atoms with E-state index in [1.165, 1.54) is 0 Å². The molecular formula is C13H22O. The molecule has 0 aromatic heterocycles. The Hall–Kier alpha value is -0.740. The molecule has 1 heteroatoms. The van der Waals surface area contributed by atoms with E-state index < -0.39 is 5.60 Å². The first-order valence-electron chi connectivity index (χ1n) is 5.16. The average Bonchev–Trinajstić information content (AvgIpc) is 2.02. The van der Waals surface area contributed by atoms with Crippen LogP contribution >= 0.6 is 0 Å². The Bertz CT molecular complexity index is 227. The summed E-state index contributed by atoms with van der Waals surface area (Å²) in [6.45, 7) is 10.1. The Kier molecular flexibility index (Phi) is 4.94. The maximum absolute atomic E-state index is 5.83. The lowest BCUT2D eigenvalue weighted by Crippen LogP contribution is -2.35. The highest BCUT2D eigenvalue weighted by Crippen LogP contribution is 2.23. The number of hydrogen-bond donors (Lipinski definition) is 0. The zero-order chi connectivity index (χ0) is 11.2. The van der Waals surface area contributed by atoms with Gasteiger partial charge >= 0.3 is 0 Å². The summed E-state index contributed by atoms with van der Waals surface area (Å²) in [6, 6.07) is 0. The Morgan fingerprint density at radius 2 is 1.79 bits per heavy atom. The normalized spacial score (nSPS) is 16.6. The van der Waals surface area contributed by atoms with E-state index in [1.807, 2.05) is 27.7 Å². The van der Waals surface area contributed by atoms with Crippen molar-refractivity contribution in [3.8, 4) is 12.3 Å². The largest absolute Gasteiger partial charge is 0.357 e. The van der Waals surface area contributed by atoms with Gasteiger partial charge in [0.2, 0.25) is 0 Å². The second kappa shape index (κ2) is 5.22. The summed E-state index contributed by atoms with van der Waals surface area (Å²) in [5.41, 5.74) is -0.676. The summed E-state index contributed by atoms with van der Waals surface area (Å²) in [6.07, 6.45) is 11.5. The van der Waals surface area contributed by atoms with Gasteiger partial charge in [-0.05, 0) is 34.1 Å². The third kappa shape index (κ3) is 5.83. The first kappa shape index (κ1) is 13.3. The monoisotopic (exact) mass is 194 g/mol. The molecule has 0 radical (unpaired) electrons. The molecule has 0 aliphatic heterocycles.